The van der Waals surface area contributed by atoms with Crippen molar-refractivity contribution >= 4 is 0 Å². The molecule has 0 bridgehead atoms. The molecule has 2 aromatic carbocycles. The van der Waals surface area contributed by atoms with Crippen LogP contribution >= 0.6 is 0 Å². The highest BCUT2D eigenvalue weighted by Crippen LogP contribution is 2.29. The van der Waals surface area contributed by atoms with Gasteiger partial charge in [0.05, 0.1) is 5.69 Å². The SMILES string of the molecule is CCc1ccc(-c2cccc(CC(C)C)c2)cc1-c1ccccn1. The predicted molar refractivity (Wildman–Crippen MR) is 103 cm³/mol. The van der Waals surface area contributed by atoms with Crippen molar-refractivity contribution in [2.24, 2.45) is 5.92 Å². The molecule has 3 rings (SSSR count). The number of aromatic nitrogens is 1. The van der Waals surface area contributed by atoms with Crippen molar-refractivity contribution in [3.8, 4) is 22.4 Å². The van der Waals surface area contributed by atoms with E-state index in [-0.39, 0.29) is 0 Å². The van der Waals surface area contributed by atoms with Crippen molar-refractivity contribution in [2.45, 2.75) is 33.6 Å². The molecule has 0 amide bonds. The van der Waals surface area contributed by atoms with Crippen LogP contribution in [-0.4, -0.2) is 4.98 Å². The van der Waals surface area contributed by atoms with E-state index in [1.165, 1.54) is 27.8 Å². The van der Waals surface area contributed by atoms with Gasteiger partial charge in [0.25, 0.3) is 0 Å². The number of pyridine rings is 1. The van der Waals surface area contributed by atoms with E-state index < -0.39 is 0 Å². The summed E-state index contributed by atoms with van der Waals surface area (Å²) in [5.41, 5.74) is 7.59. The van der Waals surface area contributed by atoms with Crippen LogP contribution in [0.2, 0.25) is 0 Å². The molecule has 0 aliphatic heterocycles. The second kappa shape index (κ2) is 7.44. The van der Waals surface area contributed by atoms with Crippen LogP contribution in [0.3, 0.4) is 0 Å². The second-order valence-electron chi connectivity index (χ2n) is 6.74. The van der Waals surface area contributed by atoms with E-state index in [1.54, 1.807) is 0 Å². The van der Waals surface area contributed by atoms with Crippen LogP contribution in [-0.2, 0) is 12.8 Å². The smallest absolute Gasteiger partial charge is 0.0704 e. The molecule has 1 nitrogen and oxygen atoms in total. The summed E-state index contributed by atoms with van der Waals surface area (Å²) < 4.78 is 0. The Balaban J connectivity index is 2.04. The molecule has 0 saturated carbocycles. The molecule has 0 unspecified atom stereocenters. The Morgan fingerprint density at radius 3 is 2.42 bits per heavy atom. The maximum atomic E-state index is 4.55. The molecule has 1 aromatic heterocycles. The molecule has 1 heterocycles. The van der Waals surface area contributed by atoms with E-state index in [0.717, 1.165) is 18.5 Å². The quantitative estimate of drug-likeness (QED) is 0.548. The summed E-state index contributed by atoms with van der Waals surface area (Å²) in [5.74, 6) is 0.673. The van der Waals surface area contributed by atoms with Gasteiger partial charge in [-0.3, -0.25) is 4.98 Å². The molecule has 0 atom stereocenters. The van der Waals surface area contributed by atoms with Crippen molar-refractivity contribution in [1.29, 1.82) is 0 Å². The topological polar surface area (TPSA) is 12.9 Å². The Bertz CT molecular complexity index is 803. The lowest BCUT2D eigenvalue weighted by Gasteiger charge is -2.12. The number of hydrogen-bond donors (Lipinski definition) is 0. The minimum absolute atomic E-state index is 0.673. The van der Waals surface area contributed by atoms with E-state index in [4.69, 9.17) is 0 Å². The maximum Gasteiger partial charge on any atom is 0.0704 e. The first-order chi connectivity index (χ1) is 11.7. The highest BCUT2D eigenvalue weighted by Gasteiger charge is 2.08. The average molecular weight is 315 g/mol. The van der Waals surface area contributed by atoms with Crippen molar-refractivity contribution < 1.29 is 0 Å². The van der Waals surface area contributed by atoms with Gasteiger partial charge in [0, 0.05) is 11.8 Å². The van der Waals surface area contributed by atoms with Gasteiger partial charge >= 0.3 is 0 Å². The zero-order valence-electron chi connectivity index (χ0n) is 14.8. The lowest BCUT2D eigenvalue weighted by Crippen LogP contribution is -1.95. The van der Waals surface area contributed by atoms with Gasteiger partial charge in [-0.15, -0.1) is 0 Å². The molecule has 0 radical (unpaired) electrons. The third-order valence-electron chi connectivity index (χ3n) is 4.34. The third-order valence-corrected chi connectivity index (χ3v) is 4.34. The van der Waals surface area contributed by atoms with Gasteiger partial charge < -0.3 is 0 Å². The van der Waals surface area contributed by atoms with E-state index in [1.807, 2.05) is 12.3 Å². The van der Waals surface area contributed by atoms with E-state index in [2.05, 4.69) is 80.4 Å². The normalized spacial score (nSPS) is 11.0. The van der Waals surface area contributed by atoms with Crippen molar-refractivity contribution in [3.05, 3.63) is 78.0 Å². The van der Waals surface area contributed by atoms with Crippen LogP contribution < -0.4 is 0 Å². The fraction of sp³-hybridized carbons (Fsp3) is 0.261. The van der Waals surface area contributed by atoms with Gasteiger partial charge in [-0.05, 0) is 59.2 Å². The summed E-state index contributed by atoms with van der Waals surface area (Å²) in [5, 5.41) is 0. The fourth-order valence-corrected chi connectivity index (χ4v) is 3.17. The maximum absolute atomic E-state index is 4.55. The van der Waals surface area contributed by atoms with Crippen LogP contribution in [0, 0.1) is 5.92 Å². The van der Waals surface area contributed by atoms with Crippen molar-refractivity contribution in [3.63, 3.8) is 0 Å². The summed E-state index contributed by atoms with van der Waals surface area (Å²) in [6, 6.07) is 21.8. The molecule has 0 N–H and O–H groups in total. The molecule has 0 fully saturated rings. The van der Waals surface area contributed by atoms with E-state index in [0.29, 0.717) is 5.92 Å². The Morgan fingerprint density at radius 1 is 0.875 bits per heavy atom. The molecular weight excluding hydrogens is 290 g/mol. The predicted octanol–water partition coefficient (Wildman–Crippen LogP) is 6.18. The zero-order chi connectivity index (χ0) is 16.9. The zero-order valence-corrected chi connectivity index (χ0v) is 14.8. The third kappa shape index (κ3) is 3.73. The molecule has 122 valence electrons. The fourth-order valence-electron chi connectivity index (χ4n) is 3.17. The highest BCUT2D eigenvalue weighted by atomic mass is 14.7. The summed E-state index contributed by atoms with van der Waals surface area (Å²) in [6.07, 6.45) is 4.00. The molecule has 0 spiro atoms. The highest BCUT2D eigenvalue weighted by molar-refractivity contribution is 5.74. The van der Waals surface area contributed by atoms with Crippen molar-refractivity contribution in [1.82, 2.24) is 4.98 Å². The number of aryl methyl sites for hydroxylation is 1. The lowest BCUT2D eigenvalue weighted by atomic mass is 9.94. The first kappa shape index (κ1) is 16.4. The van der Waals surface area contributed by atoms with Gasteiger partial charge in [0.2, 0.25) is 0 Å². The Labute approximate surface area is 145 Å². The summed E-state index contributed by atoms with van der Waals surface area (Å²) in [7, 11) is 0. The van der Waals surface area contributed by atoms with Crippen LogP contribution in [0.4, 0.5) is 0 Å². The lowest BCUT2D eigenvalue weighted by molar-refractivity contribution is 0.647. The van der Waals surface area contributed by atoms with Gasteiger partial charge in [-0.2, -0.15) is 0 Å². The van der Waals surface area contributed by atoms with Crippen LogP contribution in [0.5, 0.6) is 0 Å². The average Bonchev–Trinajstić information content (AvgIpc) is 2.61. The number of hydrogen-bond acceptors (Lipinski definition) is 1. The molecule has 24 heavy (non-hydrogen) atoms. The van der Waals surface area contributed by atoms with E-state index in [9.17, 15) is 0 Å². The number of nitrogens with zero attached hydrogens (tertiary/aromatic N) is 1. The second-order valence-corrected chi connectivity index (χ2v) is 6.74. The molecule has 3 aromatic rings. The summed E-state index contributed by atoms with van der Waals surface area (Å²) in [4.78, 5) is 4.55. The van der Waals surface area contributed by atoms with E-state index >= 15 is 0 Å². The molecular formula is C23H25N. The monoisotopic (exact) mass is 315 g/mol. The minimum Gasteiger partial charge on any atom is -0.256 e. The molecule has 0 aliphatic carbocycles. The van der Waals surface area contributed by atoms with Crippen LogP contribution in [0.25, 0.3) is 22.4 Å². The molecule has 0 saturated heterocycles. The Kier molecular flexibility index (Phi) is 5.10. The first-order valence-corrected chi connectivity index (χ1v) is 8.81. The van der Waals surface area contributed by atoms with Gasteiger partial charge in [-0.25, -0.2) is 0 Å². The molecule has 0 aliphatic rings. The minimum atomic E-state index is 0.673. The standard InChI is InChI=1S/C23H25N/c1-4-19-11-12-21(16-22(19)23-10-5-6-13-24-23)20-9-7-8-18(15-20)14-17(2)3/h5-13,15-17H,4,14H2,1-3H3. The summed E-state index contributed by atoms with van der Waals surface area (Å²) >= 11 is 0. The largest absolute Gasteiger partial charge is 0.256 e. The first-order valence-electron chi connectivity index (χ1n) is 8.81. The van der Waals surface area contributed by atoms with Crippen LogP contribution in [0.15, 0.2) is 66.9 Å². The van der Waals surface area contributed by atoms with Gasteiger partial charge in [0.1, 0.15) is 0 Å². The number of rotatable bonds is 5. The Morgan fingerprint density at radius 2 is 1.71 bits per heavy atom. The van der Waals surface area contributed by atoms with Gasteiger partial charge in [0.15, 0.2) is 0 Å². The van der Waals surface area contributed by atoms with Gasteiger partial charge in [-0.1, -0.05) is 63.2 Å². The van der Waals surface area contributed by atoms with Crippen molar-refractivity contribution in [2.75, 3.05) is 0 Å². The Hall–Kier alpha value is -2.41. The molecule has 1 heteroatoms. The summed E-state index contributed by atoms with van der Waals surface area (Å²) in [6.45, 7) is 6.73. The number of benzene rings is 2. The van der Waals surface area contributed by atoms with Crippen LogP contribution in [0.1, 0.15) is 31.9 Å².